The highest BCUT2D eigenvalue weighted by molar-refractivity contribution is 5.17. The standard InChI is InChI=1S/C13H18O2/c1-3-9-13(2,15)10-12(14)11-7-5-4-6-8-11/h3-8,12,14-15H,1,9-10H2,2H3/t12-,13+/m1/s1. The smallest absolute Gasteiger partial charge is 0.0817 e. The van der Waals surface area contributed by atoms with Gasteiger partial charge in [0.1, 0.15) is 0 Å². The van der Waals surface area contributed by atoms with E-state index >= 15 is 0 Å². The lowest BCUT2D eigenvalue weighted by atomic mass is 9.92. The van der Waals surface area contributed by atoms with Crippen LogP contribution < -0.4 is 0 Å². The van der Waals surface area contributed by atoms with E-state index in [-0.39, 0.29) is 0 Å². The number of aliphatic hydroxyl groups excluding tert-OH is 1. The second-order valence-electron chi connectivity index (χ2n) is 4.12. The van der Waals surface area contributed by atoms with Crippen molar-refractivity contribution in [2.75, 3.05) is 0 Å². The first-order valence-corrected chi connectivity index (χ1v) is 5.11. The fraction of sp³-hybridized carbons (Fsp3) is 0.385. The molecule has 0 saturated heterocycles. The van der Waals surface area contributed by atoms with E-state index in [0.29, 0.717) is 12.8 Å². The number of benzene rings is 1. The van der Waals surface area contributed by atoms with Crippen molar-refractivity contribution in [3.63, 3.8) is 0 Å². The Balaban J connectivity index is 2.63. The van der Waals surface area contributed by atoms with E-state index in [1.807, 2.05) is 30.3 Å². The Morgan fingerprint density at radius 2 is 2.00 bits per heavy atom. The molecular weight excluding hydrogens is 188 g/mol. The van der Waals surface area contributed by atoms with E-state index < -0.39 is 11.7 Å². The summed E-state index contributed by atoms with van der Waals surface area (Å²) >= 11 is 0. The fourth-order valence-electron chi connectivity index (χ4n) is 1.60. The third kappa shape index (κ3) is 3.86. The molecule has 2 atom stereocenters. The molecular formula is C13H18O2. The summed E-state index contributed by atoms with van der Waals surface area (Å²) in [5.74, 6) is 0. The van der Waals surface area contributed by atoms with Crippen LogP contribution in [-0.2, 0) is 0 Å². The van der Waals surface area contributed by atoms with Crippen LogP contribution in [0.2, 0.25) is 0 Å². The molecule has 0 saturated carbocycles. The van der Waals surface area contributed by atoms with E-state index in [4.69, 9.17) is 0 Å². The molecule has 0 amide bonds. The molecule has 0 radical (unpaired) electrons. The van der Waals surface area contributed by atoms with Crippen LogP contribution in [0, 0.1) is 0 Å². The molecule has 0 heterocycles. The first-order chi connectivity index (χ1) is 7.05. The van der Waals surface area contributed by atoms with Gasteiger partial charge in [-0.25, -0.2) is 0 Å². The van der Waals surface area contributed by atoms with Crippen LogP contribution in [0.5, 0.6) is 0 Å². The summed E-state index contributed by atoms with van der Waals surface area (Å²) in [4.78, 5) is 0. The summed E-state index contributed by atoms with van der Waals surface area (Å²) in [6, 6.07) is 9.36. The van der Waals surface area contributed by atoms with Gasteiger partial charge in [0, 0.05) is 6.42 Å². The summed E-state index contributed by atoms with van der Waals surface area (Å²) < 4.78 is 0. The predicted molar refractivity (Wildman–Crippen MR) is 61.5 cm³/mol. The Morgan fingerprint density at radius 1 is 1.40 bits per heavy atom. The normalized spacial score (nSPS) is 16.7. The van der Waals surface area contributed by atoms with Gasteiger partial charge in [-0.3, -0.25) is 0 Å². The highest BCUT2D eigenvalue weighted by Crippen LogP contribution is 2.25. The number of rotatable bonds is 5. The van der Waals surface area contributed by atoms with E-state index in [9.17, 15) is 10.2 Å². The lowest BCUT2D eigenvalue weighted by Crippen LogP contribution is -2.26. The van der Waals surface area contributed by atoms with Crippen LogP contribution in [0.15, 0.2) is 43.0 Å². The van der Waals surface area contributed by atoms with Crippen molar-refractivity contribution >= 4 is 0 Å². The second-order valence-corrected chi connectivity index (χ2v) is 4.12. The van der Waals surface area contributed by atoms with Gasteiger partial charge in [-0.15, -0.1) is 6.58 Å². The zero-order chi connectivity index (χ0) is 11.3. The SMILES string of the molecule is C=CC[C@](C)(O)C[C@@H](O)c1ccccc1. The van der Waals surface area contributed by atoms with Crippen LogP contribution in [0.4, 0.5) is 0 Å². The molecule has 0 fully saturated rings. The second kappa shape index (κ2) is 5.10. The maximum atomic E-state index is 9.91. The zero-order valence-electron chi connectivity index (χ0n) is 9.06. The molecule has 0 bridgehead atoms. The summed E-state index contributed by atoms with van der Waals surface area (Å²) in [6.45, 7) is 5.29. The fourth-order valence-corrected chi connectivity index (χ4v) is 1.60. The number of hydrogen-bond donors (Lipinski definition) is 2. The van der Waals surface area contributed by atoms with E-state index in [1.54, 1.807) is 13.0 Å². The van der Waals surface area contributed by atoms with E-state index in [0.717, 1.165) is 5.56 Å². The Hall–Kier alpha value is -1.12. The Morgan fingerprint density at radius 3 is 2.53 bits per heavy atom. The van der Waals surface area contributed by atoms with Crippen molar-refractivity contribution < 1.29 is 10.2 Å². The lowest BCUT2D eigenvalue weighted by molar-refractivity contribution is 0.00554. The summed E-state index contributed by atoms with van der Waals surface area (Å²) in [5.41, 5.74) is -0.0568. The molecule has 0 aliphatic heterocycles. The molecule has 0 unspecified atom stereocenters. The molecule has 0 aromatic heterocycles. The van der Waals surface area contributed by atoms with Crippen molar-refractivity contribution in [3.05, 3.63) is 48.6 Å². The van der Waals surface area contributed by atoms with Gasteiger partial charge in [0.15, 0.2) is 0 Å². The van der Waals surface area contributed by atoms with Gasteiger partial charge in [0.25, 0.3) is 0 Å². The molecule has 15 heavy (non-hydrogen) atoms. The number of hydrogen-bond acceptors (Lipinski definition) is 2. The Kier molecular flexibility index (Phi) is 4.06. The van der Waals surface area contributed by atoms with Gasteiger partial charge < -0.3 is 10.2 Å². The van der Waals surface area contributed by atoms with Crippen LogP contribution in [0.25, 0.3) is 0 Å². The predicted octanol–water partition coefficient (Wildman–Crippen LogP) is 2.44. The van der Waals surface area contributed by atoms with E-state index in [2.05, 4.69) is 6.58 Å². The maximum Gasteiger partial charge on any atom is 0.0817 e. The van der Waals surface area contributed by atoms with Crippen molar-refractivity contribution in [2.24, 2.45) is 0 Å². The van der Waals surface area contributed by atoms with Crippen molar-refractivity contribution in [1.82, 2.24) is 0 Å². The topological polar surface area (TPSA) is 40.5 Å². The summed E-state index contributed by atoms with van der Waals surface area (Å²) in [7, 11) is 0. The van der Waals surface area contributed by atoms with Gasteiger partial charge in [-0.05, 0) is 18.9 Å². The van der Waals surface area contributed by atoms with Gasteiger partial charge in [0.2, 0.25) is 0 Å². The van der Waals surface area contributed by atoms with Crippen LogP contribution in [0.3, 0.4) is 0 Å². The van der Waals surface area contributed by atoms with Gasteiger partial charge >= 0.3 is 0 Å². The largest absolute Gasteiger partial charge is 0.390 e. The zero-order valence-corrected chi connectivity index (χ0v) is 9.06. The third-order valence-corrected chi connectivity index (χ3v) is 2.40. The van der Waals surface area contributed by atoms with Gasteiger partial charge in [-0.2, -0.15) is 0 Å². The molecule has 0 spiro atoms. The van der Waals surface area contributed by atoms with Crippen molar-refractivity contribution in [1.29, 1.82) is 0 Å². The van der Waals surface area contributed by atoms with Crippen molar-refractivity contribution in [2.45, 2.75) is 31.5 Å². The molecule has 2 heteroatoms. The van der Waals surface area contributed by atoms with Crippen molar-refractivity contribution in [3.8, 4) is 0 Å². The van der Waals surface area contributed by atoms with E-state index in [1.165, 1.54) is 0 Å². The molecule has 0 aliphatic carbocycles. The minimum absolute atomic E-state index is 0.322. The summed E-state index contributed by atoms with van der Waals surface area (Å²) in [5, 5.41) is 19.8. The molecule has 82 valence electrons. The Labute approximate surface area is 90.9 Å². The first kappa shape index (κ1) is 12.0. The monoisotopic (exact) mass is 206 g/mol. The van der Waals surface area contributed by atoms with Crippen LogP contribution in [0.1, 0.15) is 31.4 Å². The van der Waals surface area contributed by atoms with Crippen LogP contribution in [-0.4, -0.2) is 15.8 Å². The molecule has 2 N–H and O–H groups in total. The van der Waals surface area contributed by atoms with Gasteiger partial charge in [0.05, 0.1) is 11.7 Å². The molecule has 2 nitrogen and oxygen atoms in total. The van der Waals surface area contributed by atoms with Crippen LogP contribution >= 0.6 is 0 Å². The molecule has 1 aromatic rings. The highest BCUT2D eigenvalue weighted by atomic mass is 16.3. The first-order valence-electron chi connectivity index (χ1n) is 5.11. The van der Waals surface area contributed by atoms with Gasteiger partial charge in [-0.1, -0.05) is 36.4 Å². The maximum absolute atomic E-state index is 9.91. The minimum Gasteiger partial charge on any atom is -0.390 e. The molecule has 0 aliphatic rings. The molecule has 1 aromatic carbocycles. The quantitative estimate of drug-likeness (QED) is 0.726. The number of aliphatic hydroxyl groups is 2. The molecule has 1 rings (SSSR count). The lowest BCUT2D eigenvalue weighted by Gasteiger charge is -2.24. The average molecular weight is 206 g/mol. The third-order valence-electron chi connectivity index (χ3n) is 2.40. The minimum atomic E-state index is -0.892. The summed E-state index contributed by atoms with van der Waals surface area (Å²) in [6.07, 6.45) is 1.85. The Bertz CT molecular complexity index is 304. The average Bonchev–Trinajstić information content (AvgIpc) is 2.18. The highest BCUT2D eigenvalue weighted by Gasteiger charge is 2.23.